The fourth-order valence-electron chi connectivity index (χ4n) is 2.17. The molecule has 0 unspecified atom stereocenters. The van der Waals surface area contributed by atoms with E-state index < -0.39 is 12.1 Å². The molecular formula is C19H19NO2S. The quantitative estimate of drug-likeness (QED) is 0.592. The molecule has 4 heteroatoms. The predicted molar refractivity (Wildman–Crippen MR) is 92.4 cm³/mol. The van der Waals surface area contributed by atoms with Crippen LogP contribution in [0.5, 0.6) is 0 Å². The summed E-state index contributed by atoms with van der Waals surface area (Å²) in [6.45, 7) is 5.74. The van der Waals surface area contributed by atoms with E-state index in [-0.39, 0.29) is 0 Å². The van der Waals surface area contributed by atoms with Gasteiger partial charge >= 0.3 is 5.97 Å². The minimum atomic E-state index is -0.740. The largest absolute Gasteiger partial charge is 0.444 e. The molecule has 0 saturated heterocycles. The second kappa shape index (κ2) is 7.85. The Morgan fingerprint density at radius 3 is 2.74 bits per heavy atom. The summed E-state index contributed by atoms with van der Waals surface area (Å²) in [5, 5.41) is 8.71. The Balaban J connectivity index is 2.05. The summed E-state index contributed by atoms with van der Waals surface area (Å²) in [6.07, 6.45) is -0.740. The molecule has 0 bridgehead atoms. The summed E-state index contributed by atoms with van der Waals surface area (Å²) in [5.74, 6) is 0.316. The van der Waals surface area contributed by atoms with E-state index in [1.54, 1.807) is 24.8 Å². The first-order valence-electron chi connectivity index (χ1n) is 7.39. The molecule has 3 nitrogen and oxygen atoms in total. The van der Waals surface area contributed by atoms with Crippen LogP contribution in [0.15, 0.2) is 47.4 Å². The number of esters is 1. The number of rotatable bonds is 5. The van der Waals surface area contributed by atoms with Gasteiger partial charge in [-0.3, -0.25) is 0 Å². The topological polar surface area (TPSA) is 50.1 Å². The SMILES string of the molecule is Cc1ccc(SCc2cccc(C(=O)O[C@@H](C)C#N)c2)c(C)c1. The number of carbonyl (C=O) groups excluding carboxylic acids is 1. The van der Waals surface area contributed by atoms with Gasteiger partial charge in [0, 0.05) is 10.6 Å². The summed E-state index contributed by atoms with van der Waals surface area (Å²) in [7, 11) is 0. The number of nitriles is 1. The average Bonchev–Trinajstić information content (AvgIpc) is 2.54. The molecule has 23 heavy (non-hydrogen) atoms. The highest BCUT2D eigenvalue weighted by Crippen LogP contribution is 2.27. The molecule has 118 valence electrons. The van der Waals surface area contributed by atoms with Crippen molar-refractivity contribution in [3.8, 4) is 6.07 Å². The van der Waals surface area contributed by atoms with Crippen LogP contribution >= 0.6 is 11.8 Å². The van der Waals surface area contributed by atoms with E-state index >= 15 is 0 Å². The van der Waals surface area contributed by atoms with E-state index in [0.717, 1.165) is 11.3 Å². The lowest BCUT2D eigenvalue weighted by molar-refractivity contribution is 0.0435. The lowest BCUT2D eigenvalue weighted by Gasteiger charge is -2.09. The van der Waals surface area contributed by atoms with E-state index in [1.165, 1.54) is 16.0 Å². The molecule has 2 rings (SSSR count). The first-order chi connectivity index (χ1) is 11.0. The highest BCUT2D eigenvalue weighted by Gasteiger charge is 2.11. The van der Waals surface area contributed by atoms with E-state index in [0.29, 0.717) is 5.56 Å². The van der Waals surface area contributed by atoms with Crippen LogP contribution in [0.1, 0.15) is 34.0 Å². The molecular weight excluding hydrogens is 306 g/mol. The number of hydrogen-bond acceptors (Lipinski definition) is 4. The van der Waals surface area contributed by atoms with Crippen molar-refractivity contribution in [2.75, 3.05) is 0 Å². The van der Waals surface area contributed by atoms with Crippen molar-refractivity contribution in [1.82, 2.24) is 0 Å². The molecule has 0 radical (unpaired) electrons. The van der Waals surface area contributed by atoms with Gasteiger partial charge in [-0.05, 0) is 50.1 Å². The van der Waals surface area contributed by atoms with Crippen LogP contribution in [-0.2, 0) is 10.5 Å². The van der Waals surface area contributed by atoms with Crippen molar-refractivity contribution in [2.24, 2.45) is 0 Å². The summed E-state index contributed by atoms with van der Waals surface area (Å²) >= 11 is 1.74. The molecule has 0 aliphatic rings. The van der Waals surface area contributed by atoms with Crippen LogP contribution in [0.25, 0.3) is 0 Å². The van der Waals surface area contributed by atoms with E-state index in [9.17, 15) is 4.79 Å². The van der Waals surface area contributed by atoms with Gasteiger partial charge in [0.05, 0.1) is 5.56 Å². The smallest absolute Gasteiger partial charge is 0.339 e. The monoisotopic (exact) mass is 325 g/mol. The number of hydrogen-bond donors (Lipinski definition) is 0. The Hall–Kier alpha value is -2.25. The molecule has 0 N–H and O–H groups in total. The zero-order chi connectivity index (χ0) is 16.8. The molecule has 0 fully saturated rings. The Labute approximate surface area is 141 Å². The van der Waals surface area contributed by atoms with Gasteiger partial charge in [0.15, 0.2) is 6.10 Å². The van der Waals surface area contributed by atoms with Crippen LogP contribution in [0, 0.1) is 25.2 Å². The minimum Gasteiger partial charge on any atom is -0.444 e. The van der Waals surface area contributed by atoms with Crippen LogP contribution in [0.2, 0.25) is 0 Å². The van der Waals surface area contributed by atoms with Crippen LogP contribution in [-0.4, -0.2) is 12.1 Å². The van der Waals surface area contributed by atoms with E-state index in [1.807, 2.05) is 24.3 Å². The van der Waals surface area contributed by atoms with Gasteiger partial charge in [-0.25, -0.2) is 4.79 Å². The molecule has 0 spiro atoms. The number of nitrogens with zero attached hydrogens (tertiary/aromatic N) is 1. The Bertz CT molecular complexity index is 749. The van der Waals surface area contributed by atoms with Gasteiger partial charge in [0.1, 0.15) is 6.07 Å². The Morgan fingerprint density at radius 1 is 1.26 bits per heavy atom. The Kier molecular flexibility index (Phi) is 5.84. The molecule has 0 aliphatic heterocycles. The van der Waals surface area contributed by atoms with Gasteiger partial charge in [-0.1, -0.05) is 29.8 Å². The van der Waals surface area contributed by atoms with Gasteiger partial charge in [-0.2, -0.15) is 5.26 Å². The second-order valence-electron chi connectivity index (χ2n) is 5.43. The zero-order valence-electron chi connectivity index (χ0n) is 13.5. The van der Waals surface area contributed by atoms with Crippen molar-refractivity contribution >= 4 is 17.7 Å². The lowest BCUT2D eigenvalue weighted by Crippen LogP contribution is -2.13. The third-order valence-electron chi connectivity index (χ3n) is 3.35. The summed E-state index contributed by atoms with van der Waals surface area (Å²) in [4.78, 5) is 13.2. The first-order valence-corrected chi connectivity index (χ1v) is 8.37. The Morgan fingerprint density at radius 2 is 2.04 bits per heavy atom. The maximum atomic E-state index is 12.0. The third-order valence-corrected chi connectivity index (χ3v) is 4.60. The fraction of sp³-hybridized carbons (Fsp3) is 0.263. The maximum absolute atomic E-state index is 12.0. The predicted octanol–water partition coefficient (Wildman–Crippen LogP) is 4.66. The number of benzene rings is 2. The van der Waals surface area contributed by atoms with Crippen molar-refractivity contribution < 1.29 is 9.53 Å². The van der Waals surface area contributed by atoms with Crippen molar-refractivity contribution in [3.05, 3.63) is 64.7 Å². The summed E-state index contributed by atoms with van der Waals surface area (Å²) < 4.78 is 5.03. The molecule has 0 aromatic heterocycles. The van der Waals surface area contributed by atoms with Gasteiger partial charge in [0.25, 0.3) is 0 Å². The second-order valence-corrected chi connectivity index (χ2v) is 6.45. The highest BCUT2D eigenvalue weighted by atomic mass is 32.2. The van der Waals surface area contributed by atoms with Gasteiger partial charge in [-0.15, -0.1) is 11.8 Å². The molecule has 2 aromatic carbocycles. The maximum Gasteiger partial charge on any atom is 0.339 e. The van der Waals surface area contributed by atoms with Crippen molar-refractivity contribution in [1.29, 1.82) is 5.26 Å². The first kappa shape index (κ1) is 17.1. The lowest BCUT2D eigenvalue weighted by atomic mass is 10.1. The molecule has 0 aliphatic carbocycles. The van der Waals surface area contributed by atoms with Crippen LogP contribution in [0.4, 0.5) is 0 Å². The fourth-order valence-corrected chi connectivity index (χ4v) is 3.12. The minimum absolute atomic E-state index is 0.461. The number of carbonyl (C=O) groups is 1. The van der Waals surface area contributed by atoms with Crippen LogP contribution in [0.3, 0.4) is 0 Å². The van der Waals surface area contributed by atoms with Gasteiger partial charge < -0.3 is 4.74 Å². The molecule has 0 amide bonds. The van der Waals surface area contributed by atoms with Crippen molar-refractivity contribution in [2.45, 2.75) is 37.5 Å². The third kappa shape index (κ3) is 4.87. The zero-order valence-corrected chi connectivity index (χ0v) is 14.3. The van der Waals surface area contributed by atoms with Gasteiger partial charge in [0.2, 0.25) is 0 Å². The van der Waals surface area contributed by atoms with E-state index in [2.05, 4.69) is 32.0 Å². The number of aryl methyl sites for hydroxylation is 2. The number of thioether (sulfide) groups is 1. The average molecular weight is 325 g/mol. The normalized spacial score (nSPS) is 11.6. The highest BCUT2D eigenvalue weighted by molar-refractivity contribution is 7.98. The van der Waals surface area contributed by atoms with Crippen molar-refractivity contribution in [3.63, 3.8) is 0 Å². The standard InChI is InChI=1S/C19H19NO2S/c1-13-7-8-18(14(2)9-13)23-12-16-5-4-6-17(10-16)19(21)22-15(3)11-20/h4-10,15H,12H2,1-3H3/t15-/m0/s1. The summed E-state index contributed by atoms with van der Waals surface area (Å²) in [5.41, 5.74) is 4.04. The molecule has 0 saturated carbocycles. The molecule has 2 aromatic rings. The molecule has 1 atom stereocenters. The van der Waals surface area contributed by atoms with Crippen LogP contribution < -0.4 is 0 Å². The number of ether oxygens (including phenoxy) is 1. The summed E-state index contributed by atoms with van der Waals surface area (Å²) in [6, 6.07) is 15.6. The molecule has 0 heterocycles. The van der Waals surface area contributed by atoms with E-state index in [4.69, 9.17) is 10.00 Å².